The molecule has 1 amide bonds. The lowest BCUT2D eigenvalue weighted by Gasteiger charge is -2.28. The van der Waals surface area contributed by atoms with Crippen molar-refractivity contribution < 1.29 is 4.79 Å². The Bertz CT molecular complexity index is 472. The summed E-state index contributed by atoms with van der Waals surface area (Å²) in [7, 11) is 0. The molecule has 0 radical (unpaired) electrons. The second-order valence-corrected chi connectivity index (χ2v) is 5.98. The highest BCUT2D eigenvalue weighted by atomic mass is 35.5. The molecule has 0 aliphatic carbocycles. The van der Waals surface area contributed by atoms with Crippen LogP contribution in [0.3, 0.4) is 0 Å². The van der Waals surface area contributed by atoms with E-state index < -0.39 is 0 Å². The number of fused-ring (bicyclic) bond motifs is 2. The van der Waals surface area contributed by atoms with Gasteiger partial charge in [-0.1, -0.05) is 0 Å². The highest BCUT2D eigenvalue weighted by Crippen LogP contribution is 2.32. The monoisotopic (exact) mass is 331 g/mol. The predicted octanol–water partition coefficient (Wildman–Crippen LogP) is 3.09. The number of nitrogens with one attached hydrogen (secondary N) is 2. The maximum absolute atomic E-state index is 12.1. The van der Waals surface area contributed by atoms with E-state index in [9.17, 15) is 4.79 Å². The van der Waals surface area contributed by atoms with Crippen LogP contribution in [-0.2, 0) is 4.79 Å². The van der Waals surface area contributed by atoms with Gasteiger partial charge < -0.3 is 10.6 Å². The number of rotatable bonds is 3. The van der Waals surface area contributed by atoms with Crippen LogP contribution in [0.4, 0.5) is 5.69 Å². The van der Waals surface area contributed by atoms with Crippen molar-refractivity contribution >= 4 is 36.4 Å². The average Bonchev–Trinajstić information content (AvgIpc) is 2.68. The molecule has 1 aromatic rings. The first-order valence-electron chi connectivity index (χ1n) is 7.16. The van der Waals surface area contributed by atoms with Gasteiger partial charge in [0.05, 0.1) is 11.9 Å². The minimum Gasteiger partial charge on any atom is -0.325 e. The van der Waals surface area contributed by atoms with Crippen LogP contribution in [0.25, 0.3) is 0 Å². The summed E-state index contributed by atoms with van der Waals surface area (Å²) in [5.74, 6) is 0.662. The average molecular weight is 332 g/mol. The number of piperidine rings is 1. The summed E-state index contributed by atoms with van der Waals surface area (Å²) in [5.41, 5.74) is 1.87. The molecule has 0 spiro atoms. The fourth-order valence-electron chi connectivity index (χ4n) is 3.44. The second kappa shape index (κ2) is 7.97. The SMILES string of the molecule is Cc1cncc(NC(=O)CC2CC3CCC(C2)N3)c1.Cl.Cl. The number of aryl methyl sites for hydroxylation is 1. The first-order valence-corrected chi connectivity index (χ1v) is 7.16. The molecule has 0 saturated carbocycles. The Morgan fingerprint density at radius 2 is 1.95 bits per heavy atom. The van der Waals surface area contributed by atoms with Crippen molar-refractivity contribution in [3.63, 3.8) is 0 Å². The normalized spacial score (nSPS) is 26.4. The third-order valence-corrected chi connectivity index (χ3v) is 4.20. The minimum atomic E-state index is 0. The lowest BCUT2D eigenvalue weighted by atomic mass is 9.89. The minimum absolute atomic E-state index is 0. The second-order valence-electron chi connectivity index (χ2n) is 5.98. The van der Waals surface area contributed by atoms with Crippen LogP contribution in [-0.4, -0.2) is 23.0 Å². The number of carbonyl (C=O) groups excluding carboxylic acids is 1. The molecule has 118 valence electrons. The smallest absolute Gasteiger partial charge is 0.224 e. The van der Waals surface area contributed by atoms with Gasteiger partial charge in [0.1, 0.15) is 0 Å². The zero-order chi connectivity index (χ0) is 13.2. The molecule has 2 aliphatic rings. The number of nitrogens with zero attached hydrogens (tertiary/aromatic N) is 1. The summed E-state index contributed by atoms with van der Waals surface area (Å²) in [5, 5.41) is 6.57. The molecule has 3 heterocycles. The van der Waals surface area contributed by atoms with E-state index in [-0.39, 0.29) is 30.7 Å². The van der Waals surface area contributed by atoms with Gasteiger partial charge in [0.15, 0.2) is 0 Å². The van der Waals surface area contributed by atoms with E-state index in [1.807, 2.05) is 13.0 Å². The number of anilines is 1. The predicted molar refractivity (Wildman–Crippen MR) is 89.4 cm³/mol. The molecule has 2 atom stereocenters. The molecular weight excluding hydrogens is 309 g/mol. The van der Waals surface area contributed by atoms with Crippen molar-refractivity contribution in [3.05, 3.63) is 24.0 Å². The Balaban J connectivity index is 0.00000110. The van der Waals surface area contributed by atoms with Crippen molar-refractivity contribution in [1.82, 2.24) is 10.3 Å². The molecule has 2 bridgehead atoms. The van der Waals surface area contributed by atoms with Crippen LogP contribution in [0.15, 0.2) is 18.5 Å². The molecule has 2 aliphatic heterocycles. The van der Waals surface area contributed by atoms with Crippen LogP contribution < -0.4 is 10.6 Å². The topological polar surface area (TPSA) is 54.0 Å². The van der Waals surface area contributed by atoms with Crippen LogP contribution in [0.5, 0.6) is 0 Å². The largest absolute Gasteiger partial charge is 0.325 e. The summed E-state index contributed by atoms with van der Waals surface area (Å²) in [6.45, 7) is 1.98. The summed E-state index contributed by atoms with van der Waals surface area (Å²) < 4.78 is 0. The molecule has 3 rings (SSSR count). The van der Waals surface area contributed by atoms with Crippen molar-refractivity contribution in [2.45, 2.75) is 51.1 Å². The zero-order valence-electron chi connectivity index (χ0n) is 12.2. The summed E-state index contributed by atoms with van der Waals surface area (Å²) >= 11 is 0. The number of carbonyl (C=O) groups is 1. The fourth-order valence-corrected chi connectivity index (χ4v) is 3.44. The third-order valence-electron chi connectivity index (χ3n) is 4.20. The van der Waals surface area contributed by atoms with E-state index >= 15 is 0 Å². The van der Waals surface area contributed by atoms with Crippen molar-refractivity contribution in [1.29, 1.82) is 0 Å². The molecule has 4 nitrogen and oxygen atoms in total. The molecule has 0 aromatic carbocycles. The van der Waals surface area contributed by atoms with Crippen molar-refractivity contribution in [2.75, 3.05) is 5.32 Å². The quantitative estimate of drug-likeness (QED) is 0.894. The maximum atomic E-state index is 12.1. The Labute approximate surface area is 138 Å². The standard InChI is InChI=1S/C15H21N3O.2ClH/c1-10-4-14(9-16-8-10)18-15(19)7-11-5-12-2-3-13(6-11)17-12;;/h4,8-9,11-13,17H,2-3,5-7H2,1H3,(H,18,19);2*1H. The van der Waals surface area contributed by atoms with E-state index in [0.29, 0.717) is 24.4 Å². The molecule has 1 aromatic heterocycles. The van der Waals surface area contributed by atoms with Crippen LogP contribution in [0, 0.1) is 12.8 Å². The molecular formula is C15H23Cl2N3O. The Kier molecular flexibility index (Phi) is 6.91. The first kappa shape index (κ1) is 18.2. The number of halogens is 2. The maximum Gasteiger partial charge on any atom is 0.224 e. The van der Waals surface area contributed by atoms with Gasteiger partial charge in [0.25, 0.3) is 0 Å². The fraction of sp³-hybridized carbons (Fsp3) is 0.600. The van der Waals surface area contributed by atoms with Gasteiger partial charge in [0.2, 0.25) is 5.91 Å². The number of aromatic nitrogens is 1. The van der Waals surface area contributed by atoms with Gasteiger partial charge >= 0.3 is 0 Å². The van der Waals surface area contributed by atoms with E-state index in [1.165, 1.54) is 12.8 Å². The van der Waals surface area contributed by atoms with Gasteiger partial charge in [-0.2, -0.15) is 0 Å². The lowest BCUT2D eigenvalue weighted by molar-refractivity contribution is -0.117. The van der Waals surface area contributed by atoms with Gasteiger partial charge in [-0.15, -0.1) is 24.8 Å². The summed E-state index contributed by atoms with van der Waals surface area (Å²) in [6.07, 6.45) is 9.00. The zero-order valence-corrected chi connectivity index (χ0v) is 13.8. The van der Waals surface area contributed by atoms with Gasteiger partial charge in [-0.25, -0.2) is 0 Å². The Hall–Kier alpha value is -0.840. The first-order chi connectivity index (χ1) is 9.19. The third kappa shape index (κ3) is 4.83. The summed E-state index contributed by atoms with van der Waals surface area (Å²) in [4.78, 5) is 16.2. The van der Waals surface area contributed by atoms with Gasteiger partial charge in [-0.05, 0) is 50.2 Å². The Morgan fingerprint density at radius 1 is 1.29 bits per heavy atom. The highest BCUT2D eigenvalue weighted by Gasteiger charge is 2.34. The number of hydrogen-bond acceptors (Lipinski definition) is 3. The molecule has 2 unspecified atom stereocenters. The van der Waals surface area contributed by atoms with E-state index in [1.54, 1.807) is 12.4 Å². The Morgan fingerprint density at radius 3 is 2.57 bits per heavy atom. The van der Waals surface area contributed by atoms with Gasteiger partial charge in [0, 0.05) is 24.7 Å². The molecule has 2 saturated heterocycles. The number of pyridine rings is 1. The van der Waals surface area contributed by atoms with Crippen molar-refractivity contribution in [2.24, 2.45) is 5.92 Å². The molecule has 21 heavy (non-hydrogen) atoms. The van der Waals surface area contributed by atoms with Crippen LogP contribution in [0.1, 0.15) is 37.7 Å². The van der Waals surface area contributed by atoms with Gasteiger partial charge in [-0.3, -0.25) is 9.78 Å². The van der Waals surface area contributed by atoms with Crippen molar-refractivity contribution in [3.8, 4) is 0 Å². The summed E-state index contributed by atoms with van der Waals surface area (Å²) in [6, 6.07) is 3.26. The van der Waals surface area contributed by atoms with E-state index in [4.69, 9.17) is 0 Å². The van der Waals surface area contributed by atoms with E-state index in [2.05, 4.69) is 15.6 Å². The highest BCUT2D eigenvalue weighted by molar-refractivity contribution is 5.90. The lowest BCUT2D eigenvalue weighted by Crippen LogP contribution is -2.39. The number of amides is 1. The molecule has 6 heteroatoms. The van der Waals surface area contributed by atoms with Crippen LogP contribution in [0.2, 0.25) is 0 Å². The number of hydrogen-bond donors (Lipinski definition) is 2. The molecule has 2 N–H and O–H groups in total. The molecule has 2 fully saturated rings. The van der Waals surface area contributed by atoms with Crippen LogP contribution >= 0.6 is 24.8 Å². The van der Waals surface area contributed by atoms with E-state index in [0.717, 1.165) is 24.1 Å².